The molecular formula is C16H22N4OS. The van der Waals surface area contributed by atoms with Crippen LogP contribution in [0.3, 0.4) is 0 Å². The maximum atomic E-state index is 11.8. The van der Waals surface area contributed by atoms with E-state index in [4.69, 9.17) is 4.98 Å². The molecule has 0 aliphatic carbocycles. The summed E-state index contributed by atoms with van der Waals surface area (Å²) in [5, 5.41) is 3.93. The number of aryl methyl sites for hydroxylation is 2. The number of hydrogen-bond acceptors (Lipinski definition) is 4. The van der Waals surface area contributed by atoms with Crippen LogP contribution >= 0.6 is 11.3 Å². The molecule has 118 valence electrons. The van der Waals surface area contributed by atoms with Gasteiger partial charge in [-0.25, -0.2) is 9.78 Å². The number of amides is 2. The Morgan fingerprint density at radius 3 is 2.68 bits per heavy atom. The molecule has 1 aliphatic rings. The topological polar surface area (TPSA) is 48.5 Å². The Labute approximate surface area is 134 Å². The molecule has 0 saturated carbocycles. The lowest BCUT2D eigenvalue weighted by Crippen LogP contribution is -2.51. The van der Waals surface area contributed by atoms with Gasteiger partial charge in [-0.15, -0.1) is 0 Å². The first kappa shape index (κ1) is 15.1. The van der Waals surface area contributed by atoms with Gasteiger partial charge in [0.05, 0.1) is 10.2 Å². The highest BCUT2D eigenvalue weighted by molar-refractivity contribution is 7.22. The molecule has 22 heavy (non-hydrogen) atoms. The van der Waals surface area contributed by atoms with E-state index in [-0.39, 0.29) is 6.03 Å². The van der Waals surface area contributed by atoms with Crippen LogP contribution in [0.25, 0.3) is 10.2 Å². The van der Waals surface area contributed by atoms with Crippen molar-refractivity contribution in [2.75, 3.05) is 37.6 Å². The molecule has 1 aromatic heterocycles. The molecule has 0 unspecified atom stereocenters. The van der Waals surface area contributed by atoms with E-state index in [1.54, 1.807) is 11.3 Å². The summed E-state index contributed by atoms with van der Waals surface area (Å²) in [6.07, 6.45) is 0. The zero-order valence-electron chi connectivity index (χ0n) is 13.3. The average molecular weight is 318 g/mol. The van der Waals surface area contributed by atoms with E-state index in [0.29, 0.717) is 6.54 Å². The fourth-order valence-corrected chi connectivity index (χ4v) is 4.05. The molecule has 0 spiro atoms. The van der Waals surface area contributed by atoms with E-state index in [2.05, 4.69) is 36.2 Å². The van der Waals surface area contributed by atoms with Crippen LogP contribution in [-0.2, 0) is 0 Å². The summed E-state index contributed by atoms with van der Waals surface area (Å²) < 4.78 is 1.25. The monoisotopic (exact) mass is 318 g/mol. The number of benzene rings is 1. The Morgan fingerprint density at radius 1 is 1.27 bits per heavy atom. The van der Waals surface area contributed by atoms with Crippen molar-refractivity contribution in [3.05, 3.63) is 23.3 Å². The van der Waals surface area contributed by atoms with Gasteiger partial charge in [-0.2, -0.15) is 0 Å². The van der Waals surface area contributed by atoms with Crippen LogP contribution in [0.4, 0.5) is 9.93 Å². The molecule has 2 heterocycles. The lowest BCUT2D eigenvalue weighted by atomic mass is 10.1. The van der Waals surface area contributed by atoms with Crippen LogP contribution in [0.5, 0.6) is 0 Å². The van der Waals surface area contributed by atoms with Crippen LogP contribution in [-0.4, -0.2) is 48.6 Å². The van der Waals surface area contributed by atoms with Crippen molar-refractivity contribution < 1.29 is 4.79 Å². The van der Waals surface area contributed by atoms with E-state index in [1.165, 1.54) is 15.8 Å². The van der Waals surface area contributed by atoms with E-state index in [1.807, 2.05) is 11.8 Å². The molecule has 6 heteroatoms. The number of thiazole rings is 1. The quantitative estimate of drug-likeness (QED) is 0.926. The number of hydrogen-bond donors (Lipinski definition) is 1. The first-order valence-electron chi connectivity index (χ1n) is 7.74. The summed E-state index contributed by atoms with van der Waals surface area (Å²) in [6, 6.07) is 4.42. The van der Waals surface area contributed by atoms with Crippen molar-refractivity contribution >= 4 is 32.7 Å². The zero-order valence-corrected chi connectivity index (χ0v) is 14.2. The largest absolute Gasteiger partial charge is 0.345 e. The summed E-state index contributed by atoms with van der Waals surface area (Å²) in [5.41, 5.74) is 3.62. The maximum absolute atomic E-state index is 11.8. The molecule has 0 bridgehead atoms. The SMILES string of the molecule is CCNC(=O)N1CCN(c2nc3c(C)cc(C)cc3s2)CC1. The summed E-state index contributed by atoms with van der Waals surface area (Å²) in [6.45, 7) is 10.0. The minimum atomic E-state index is 0.0397. The minimum absolute atomic E-state index is 0.0397. The Balaban J connectivity index is 1.74. The van der Waals surface area contributed by atoms with Crippen molar-refractivity contribution in [1.82, 2.24) is 15.2 Å². The Morgan fingerprint density at radius 2 is 2.00 bits per heavy atom. The third-order valence-corrected chi connectivity index (χ3v) is 5.05. The predicted octanol–water partition coefficient (Wildman–Crippen LogP) is 2.76. The first-order valence-corrected chi connectivity index (χ1v) is 8.55. The second kappa shape index (κ2) is 6.12. The summed E-state index contributed by atoms with van der Waals surface area (Å²) in [5.74, 6) is 0. The van der Waals surface area contributed by atoms with Crippen LogP contribution in [0.15, 0.2) is 12.1 Å². The van der Waals surface area contributed by atoms with Crippen molar-refractivity contribution in [2.24, 2.45) is 0 Å². The molecule has 0 radical (unpaired) electrons. The molecule has 0 atom stereocenters. The Kier molecular flexibility index (Phi) is 4.20. The number of carbonyl (C=O) groups is 1. The third kappa shape index (κ3) is 2.88. The normalized spacial score (nSPS) is 15.4. The average Bonchev–Trinajstić information content (AvgIpc) is 2.92. The lowest BCUT2D eigenvalue weighted by molar-refractivity contribution is 0.195. The van der Waals surface area contributed by atoms with E-state index < -0.39 is 0 Å². The minimum Gasteiger partial charge on any atom is -0.345 e. The number of fused-ring (bicyclic) bond motifs is 1. The van der Waals surface area contributed by atoms with E-state index in [0.717, 1.165) is 36.8 Å². The van der Waals surface area contributed by atoms with E-state index >= 15 is 0 Å². The zero-order chi connectivity index (χ0) is 15.7. The van der Waals surface area contributed by atoms with Gasteiger partial charge in [0, 0.05) is 32.7 Å². The lowest BCUT2D eigenvalue weighted by Gasteiger charge is -2.34. The van der Waals surface area contributed by atoms with Crippen molar-refractivity contribution in [1.29, 1.82) is 0 Å². The molecule has 1 saturated heterocycles. The van der Waals surface area contributed by atoms with Gasteiger partial charge in [-0.1, -0.05) is 17.4 Å². The molecule has 3 rings (SSSR count). The second-order valence-electron chi connectivity index (χ2n) is 5.73. The maximum Gasteiger partial charge on any atom is 0.317 e. The number of nitrogens with zero attached hydrogens (tertiary/aromatic N) is 3. The highest BCUT2D eigenvalue weighted by Gasteiger charge is 2.22. The first-order chi connectivity index (χ1) is 10.6. The van der Waals surface area contributed by atoms with Crippen molar-refractivity contribution in [2.45, 2.75) is 20.8 Å². The van der Waals surface area contributed by atoms with Gasteiger partial charge >= 0.3 is 6.03 Å². The number of anilines is 1. The van der Waals surface area contributed by atoms with Crippen molar-refractivity contribution in [3.8, 4) is 0 Å². The second-order valence-corrected chi connectivity index (χ2v) is 6.74. The number of nitrogens with one attached hydrogen (secondary N) is 1. The van der Waals surface area contributed by atoms with Crippen LogP contribution < -0.4 is 10.2 Å². The van der Waals surface area contributed by atoms with Gasteiger partial charge in [-0.3, -0.25) is 0 Å². The number of aromatic nitrogens is 1. The van der Waals surface area contributed by atoms with Crippen molar-refractivity contribution in [3.63, 3.8) is 0 Å². The smallest absolute Gasteiger partial charge is 0.317 e. The van der Waals surface area contributed by atoms with Crippen LogP contribution in [0, 0.1) is 13.8 Å². The van der Waals surface area contributed by atoms with Gasteiger partial charge in [0.2, 0.25) is 0 Å². The number of urea groups is 1. The fraction of sp³-hybridized carbons (Fsp3) is 0.500. The number of carbonyl (C=O) groups excluding carboxylic acids is 1. The number of rotatable bonds is 2. The third-order valence-electron chi connectivity index (χ3n) is 3.98. The van der Waals surface area contributed by atoms with E-state index in [9.17, 15) is 4.79 Å². The standard InChI is InChI=1S/C16H22N4OS/c1-4-17-15(21)19-5-7-20(8-6-19)16-18-14-12(3)9-11(2)10-13(14)22-16/h9-10H,4-8H2,1-3H3,(H,17,21). The fourth-order valence-electron chi connectivity index (χ4n) is 2.86. The molecule has 2 aromatic rings. The molecule has 1 aliphatic heterocycles. The molecule has 5 nitrogen and oxygen atoms in total. The summed E-state index contributed by atoms with van der Waals surface area (Å²) in [7, 11) is 0. The Bertz CT molecular complexity index is 689. The predicted molar refractivity (Wildman–Crippen MR) is 92.0 cm³/mol. The van der Waals surface area contributed by atoms with Gasteiger partial charge in [-0.05, 0) is 38.0 Å². The van der Waals surface area contributed by atoms with Gasteiger partial charge < -0.3 is 15.1 Å². The highest BCUT2D eigenvalue weighted by Crippen LogP contribution is 2.32. The highest BCUT2D eigenvalue weighted by atomic mass is 32.1. The summed E-state index contributed by atoms with van der Waals surface area (Å²) >= 11 is 1.75. The van der Waals surface area contributed by atoms with Gasteiger partial charge in [0.25, 0.3) is 0 Å². The molecule has 1 aromatic carbocycles. The summed E-state index contributed by atoms with van der Waals surface area (Å²) in [4.78, 5) is 20.8. The van der Waals surface area contributed by atoms with Gasteiger partial charge in [0.1, 0.15) is 0 Å². The molecule has 2 amide bonds. The Hall–Kier alpha value is -1.82. The molecule has 1 N–H and O–H groups in total. The number of piperazine rings is 1. The van der Waals surface area contributed by atoms with Crippen LogP contribution in [0.2, 0.25) is 0 Å². The molecular weight excluding hydrogens is 296 g/mol. The molecule has 1 fully saturated rings. The van der Waals surface area contributed by atoms with Crippen LogP contribution in [0.1, 0.15) is 18.1 Å². The van der Waals surface area contributed by atoms with Gasteiger partial charge in [0.15, 0.2) is 5.13 Å².